The molecule has 0 heterocycles. The molecule has 0 spiro atoms. The minimum Gasteiger partial charge on any atom is -0.489 e. The topological polar surface area (TPSA) is 72.8 Å². The van der Waals surface area contributed by atoms with Gasteiger partial charge in [-0.3, -0.25) is 9.59 Å². The van der Waals surface area contributed by atoms with E-state index in [0.717, 1.165) is 54.8 Å². The first kappa shape index (κ1) is 54.9. The summed E-state index contributed by atoms with van der Waals surface area (Å²) >= 11 is 0. The molecule has 59 heavy (non-hydrogen) atoms. The van der Waals surface area contributed by atoms with Gasteiger partial charge in [0.2, 0.25) is 23.1 Å². The Labute approximate surface area is 366 Å². The van der Waals surface area contributed by atoms with Crippen molar-refractivity contribution in [2.75, 3.05) is 14.2 Å². The van der Waals surface area contributed by atoms with Crippen molar-refractivity contribution in [1.29, 1.82) is 0 Å². The molecular weight excluding hydrogens is 729 g/mol. The molecule has 342 valence electrons. The van der Waals surface area contributed by atoms with Crippen molar-refractivity contribution in [1.82, 2.24) is 0 Å². The zero-order valence-electron chi connectivity index (χ0n) is 41.2. The van der Waals surface area contributed by atoms with Gasteiger partial charge in [0.15, 0.2) is 0 Å². The molecule has 0 saturated heterocycles. The highest BCUT2D eigenvalue weighted by Crippen LogP contribution is 2.32. The fraction of sp³-hybridized carbons (Fsp3) is 0.815. The number of methoxy groups -OCH3 is 2. The Kier molecular flexibility index (Phi) is 28.7. The van der Waals surface area contributed by atoms with Crippen LogP contribution in [0.15, 0.2) is 46.0 Å². The molecule has 1 aliphatic carbocycles. The summed E-state index contributed by atoms with van der Waals surface area (Å²) < 4.78 is 10.3. The lowest BCUT2D eigenvalue weighted by Gasteiger charge is -2.25. The van der Waals surface area contributed by atoms with Crippen LogP contribution in [0.4, 0.5) is 0 Å². The van der Waals surface area contributed by atoms with Crippen molar-refractivity contribution in [3.8, 4) is 0 Å². The van der Waals surface area contributed by atoms with Crippen molar-refractivity contribution < 1.29 is 24.2 Å². The van der Waals surface area contributed by atoms with Crippen molar-refractivity contribution >= 4 is 11.6 Å². The third-order valence-corrected chi connectivity index (χ3v) is 13.5. The number of Topliss-reactive ketones (excluding diaryl/α,β-unsaturated/α-hetero) is 2. The summed E-state index contributed by atoms with van der Waals surface area (Å²) in [5.74, 6) is 4.45. The van der Waals surface area contributed by atoms with Gasteiger partial charge in [-0.05, 0) is 115 Å². The summed E-state index contributed by atoms with van der Waals surface area (Å²) in [5.41, 5.74) is 2.67. The van der Waals surface area contributed by atoms with Crippen LogP contribution in [0.25, 0.3) is 0 Å². The lowest BCUT2D eigenvalue weighted by atomic mass is 9.85. The molecule has 1 aliphatic rings. The van der Waals surface area contributed by atoms with E-state index in [1.165, 1.54) is 141 Å². The van der Waals surface area contributed by atoms with E-state index < -0.39 is 5.60 Å². The Bertz CT molecular complexity index is 1310. The molecule has 1 N–H and O–H groups in total. The van der Waals surface area contributed by atoms with Gasteiger partial charge >= 0.3 is 0 Å². The zero-order valence-corrected chi connectivity index (χ0v) is 41.2. The number of carbonyl (C=O) groups is 2. The Morgan fingerprint density at radius 3 is 1.36 bits per heavy atom. The van der Waals surface area contributed by atoms with Crippen molar-refractivity contribution in [3.63, 3.8) is 0 Å². The van der Waals surface area contributed by atoms with E-state index in [0.29, 0.717) is 30.4 Å². The second-order valence-corrected chi connectivity index (χ2v) is 20.5. The Morgan fingerprint density at radius 2 is 0.932 bits per heavy atom. The summed E-state index contributed by atoms with van der Waals surface area (Å²) in [5, 5.41) is 11.1. The van der Waals surface area contributed by atoms with Gasteiger partial charge in [0.1, 0.15) is 0 Å². The monoisotopic (exact) mass is 825 g/mol. The first-order valence-corrected chi connectivity index (χ1v) is 24.6. The number of allylic oxidation sites excluding steroid dienone is 6. The summed E-state index contributed by atoms with van der Waals surface area (Å²) in [7, 11) is 2.73. The maximum Gasteiger partial charge on any atom is 0.228 e. The lowest BCUT2D eigenvalue weighted by molar-refractivity contribution is -0.121. The van der Waals surface area contributed by atoms with Gasteiger partial charge in [-0.25, -0.2) is 0 Å². The van der Waals surface area contributed by atoms with Gasteiger partial charge in [-0.1, -0.05) is 174 Å². The molecule has 0 radical (unpaired) electrons. The van der Waals surface area contributed by atoms with Gasteiger partial charge in [0.25, 0.3) is 0 Å². The number of ether oxygens (including phenoxy) is 2. The Balaban J connectivity index is 2.16. The predicted molar refractivity (Wildman–Crippen MR) is 253 cm³/mol. The quantitative estimate of drug-likeness (QED) is 0.0509. The molecule has 0 bridgehead atoms. The van der Waals surface area contributed by atoms with Gasteiger partial charge in [0.05, 0.1) is 19.8 Å². The molecular formula is C54H96O5. The third kappa shape index (κ3) is 24.8. The summed E-state index contributed by atoms with van der Waals surface area (Å²) in [6.07, 6.45) is 33.7. The highest BCUT2D eigenvalue weighted by atomic mass is 16.5. The first-order chi connectivity index (χ1) is 27.9. The third-order valence-electron chi connectivity index (χ3n) is 13.5. The average Bonchev–Trinajstić information content (AvgIpc) is 3.15. The van der Waals surface area contributed by atoms with Crippen LogP contribution in [0.1, 0.15) is 230 Å². The molecule has 6 unspecified atom stereocenters. The number of rotatable bonds is 35. The van der Waals surface area contributed by atoms with Crippen molar-refractivity contribution in [2.24, 2.45) is 35.5 Å². The normalized spacial score (nSPS) is 18.0. The molecule has 5 heteroatoms. The van der Waals surface area contributed by atoms with Crippen LogP contribution in [0.3, 0.4) is 0 Å². The van der Waals surface area contributed by atoms with E-state index in [2.05, 4.69) is 74.5 Å². The van der Waals surface area contributed by atoms with E-state index in [1.54, 1.807) is 6.92 Å². The SMILES string of the molecule is COC1=C(OC)C(=O)C(CCC(C)(O)CC/C=C(\C)CC/C=C(\C)CCCC(C)CCCC(C)CCCC(C)CCCC(C)CCCC(C)CCCC(C)C)=C(C)C1=O. The first-order valence-electron chi connectivity index (χ1n) is 24.6. The summed E-state index contributed by atoms with van der Waals surface area (Å²) in [6.45, 7) is 25.0. The molecule has 0 aromatic rings. The zero-order chi connectivity index (χ0) is 44.4. The fourth-order valence-corrected chi connectivity index (χ4v) is 8.98. The second kappa shape index (κ2) is 30.8. The van der Waals surface area contributed by atoms with Crippen LogP contribution < -0.4 is 0 Å². The van der Waals surface area contributed by atoms with Crippen LogP contribution in [0.2, 0.25) is 0 Å². The minimum absolute atomic E-state index is 0.0498. The number of aliphatic hydroxyl groups is 1. The van der Waals surface area contributed by atoms with Gasteiger partial charge in [-0.2, -0.15) is 0 Å². The number of hydrogen-bond acceptors (Lipinski definition) is 5. The van der Waals surface area contributed by atoms with Crippen molar-refractivity contribution in [2.45, 2.75) is 236 Å². The molecule has 0 aromatic carbocycles. The molecule has 1 rings (SSSR count). The maximum absolute atomic E-state index is 12.9. The van der Waals surface area contributed by atoms with E-state index >= 15 is 0 Å². The molecule has 5 nitrogen and oxygen atoms in total. The molecule has 0 saturated carbocycles. The highest BCUT2D eigenvalue weighted by Gasteiger charge is 2.35. The standard InChI is InChI=1S/C54H96O5/c1-40(2)22-14-23-41(3)24-15-25-42(4)26-16-27-43(5)28-17-29-44(6)30-18-31-45(7)32-19-33-46(8)34-20-35-47(9)36-21-38-54(11,57)39-37-49-48(10)50(55)52(58-12)53(59-13)51(49)56/h34,36,40-45,57H,14-33,35,37-39H2,1-13H3/b46-34+,47-36+. The molecule has 6 atom stereocenters. The lowest BCUT2D eigenvalue weighted by Crippen LogP contribution is -2.28. The van der Waals surface area contributed by atoms with Crippen LogP contribution in [0, 0.1) is 35.5 Å². The van der Waals surface area contributed by atoms with E-state index in [9.17, 15) is 14.7 Å². The van der Waals surface area contributed by atoms with Crippen LogP contribution in [-0.4, -0.2) is 36.5 Å². The van der Waals surface area contributed by atoms with Gasteiger partial charge in [0, 0.05) is 11.1 Å². The Morgan fingerprint density at radius 1 is 0.559 bits per heavy atom. The second-order valence-electron chi connectivity index (χ2n) is 20.5. The fourth-order valence-electron chi connectivity index (χ4n) is 8.98. The van der Waals surface area contributed by atoms with E-state index in [1.807, 2.05) is 6.92 Å². The van der Waals surface area contributed by atoms with E-state index in [4.69, 9.17) is 9.47 Å². The molecule has 0 fully saturated rings. The van der Waals surface area contributed by atoms with Gasteiger partial charge in [-0.15, -0.1) is 0 Å². The molecule has 0 aromatic heterocycles. The smallest absolute Gasteiger partial charge is 0.228 e. The van der Waals surface area contributed by atoms with Crippen LogP contribution >= 0.6 is 0 Å². The molecule has 0 amide bonds. The number of carbonyl (C=O) groups excluding carboxylic acids is 2. The maximum atomic E-state index is 12.9. The average molecular weight is 825 g/mol. The Hall–Kier alpha value is -2.14. The van der Waals surface area contributed by atoms with E-state index in [-0.39, 0.29) is 23.1 Å². The largest absolute Gasteiger partial charge is 0.489 e. The minimum atomic E-state index is -0.945. The van der Waals surface area contributed by atoms with Crippen molar-refractivity contribution in [3.05, 3.63) is 46.0 Å². The number of hydrogen-bond donors (Lipinski definition) is 1. The number of ketones is 2. The highest BCUT2D eigenvalue weighted by molar-refractivity contribution is 6.23. The van der Waals surface area contributed by atoms with Crippen LogP contribution in [0.5, 0.6) is 0 Å². The molecule has 0 aliphatic heterocycles. The summed E-state index contributed by atoms with van der Waals surface area (Å²) in [4.78, 5) is 25.6. The van der Waals surface area contributed by atoms with Gasteiger partial charge < -0.3 is 14.6 Å². The predicted octanol–water partition coefficient (Wildman–Crippen LogP) is 15.8. The summed E-state index contributed by atoms with van der Waals surface area (Å²) in [6, 6.07) is 0. The van der Waals surface area contributed by atoms with Crippen LogP contribution in [-0.2, 0) is 19.1 Å².